The minimum absolute atomic E-state index is 0.391. The Morgan fingerprint density at radius 1 is 1.41 bits per heavy atom. The molecule has 1 aliphatic rings. The average Bonchev–Trinajstić information content (AvgIpc) is 2.75. The van der Waals surface area contributed by atoms with Crippen molar-refractivity contribution in [2.45, 2.75) is 58.3 Å². The first-order chi connectivity index (χ1) is 8.28. The summed E-state index contributed by atoms with van der Waals surface area (Å²) in [5.41, 5.74) is 0.899. The highest BCUT2D eigenvalue weighted by atomic mass is 16.5. The molecule has 2 rings (SSSR count). The van der Waals surface area contributed by atoms with Crippen LogP contribution < -0.4 is 5.32 Å². The third-order valence-corrected chi connectivity index (χ3v) is 3.31. The van der Waals surface area contributed by atoms with E-state index in [1.165, 1.54) is 12.8 Å². The van der Waals surface area contributed by atoms with Gasteiger partial charge in [-0.15, -0.1) is 0 Å². The van der Waals surface area contributed by atoms with E-state index >= 15 is 0 Å². The van der Waals surface area contributed by atoms with E-state index in [9.17, 15) is 0 Å². The van der Waals surface area contributed by atoms with Crippen molar-refractivity contribution in [1.82, 2.24) is 10.5 Å². The van der Waals surface area contributed by atoms with Crippen LogP contribution >= 0.6 is 0 Å². The maximum atomic E-state index is 5.86. The lowest BCUT2D eigenvalue weighted by molar-refractivity contribution is 0.00891. The van der Waals surface area contributed by atoms with Crippen LogP contribution in [0.5, 0.6) is 0 Å². The summed E-state index contributed by atoms with van der Waals surface area (Å²) in [5, 5.41) is 7.43. The van der Waals surface area contributed by atoms with Crippen molar-refractivity contribution < 1.29 is 9.26 Å². The number of aryl methyl sites for hydroxylation is 1. The molecular formula is C13H22N2O2. The summed E-state index contributed by atoms with van der Waals surface area (Å²) in [5.74, 6) is 0.847. The van der Waals surface area contributed by atoms with Gasteiger partial charge in [-0.25, -0.2) is 0 Å². The predicted molar refractivity (Wildman–Crippen MR) is 65.7 cm³/mol. The molecule has 4 heteroatoms. The Hall–Kier alpha value is -0.870. The summed E-state index contributed by atoms with van der Waals surface area (Å²) in [7, 11) is 0. The van der Waals surface area contributed by atoms with E-state index in [0.29, 0.717) is 18.8 Å². The Morgan fingerprint density at radius 3 is 2.76 bits per heavy atom. The monoisotopic (exact) mass is 238 g/mol. The Morgan fingerprint density at radius 2 is 2.18 bits per heavy atom. The minimum Gasteiger partial charge on any atom is -0.372 e. The van der Waals surface area contributed by atoms with E-state index in [1.807, 2.05) is 13.0 Å². The molecule has 1 fully saturated rings. The molecule has 1 saturated carbocycles. The summed E-state index contributed by atoms with van der Waals surface area (Å²) in [6, 6.07) is 2.62. The molecule has 96 valence electrons. The van der Waals surface area contributed by atoms with Crippen molar-refractivity contribution in [3.63, 3.8) is 0 Å². The Labute approximate surface area is 103 Å². The topological polar surface area (TPSA) is 47.3 Å². The summed E-state index contributed by atoms with van der Waals surface area (Å²) in [6.07, 6.45) is 5.12. The van der Waals surface area contributed by atoms with E-state index < -0.39 is 0 Å². The molecule has 0 aliphatic heterocycles. The SMILES string of the molecule is CCNC1CCC(OCc2cc(C)on2)CC1. The maximum Gasteiger partial charge on any atom is 0.134 e. The van der Waals surface area contributed by atoms with Crippen LogP contribution in [0.25, 0.3) is 0 Å². The summed E-state index contributed by atoms with van der Waals surface area (Å²) in [4.78, 5) is 0. The first-order valence-corrected chi connectivity index (χ1v) is 6.55. The zero-order valence-corrected chi connectivity index (χ0v) is 10.7. The number of hydrogen-bond donors (Lipinski definition) is 1. The van der Waals surface area contributed by atoms with Crippen molar-refractivity contribution in [2.24, 2.45) is 0 Å². The predicted octanol–water partition coefficient (Wildman–Crippen LogP) is 2.42. The molecule has 0 amide bonds. The van der Waals surface area contributed by atoms with Crippen molar-refractivity contribution in [3.05, 3.63) is 17.5 Å². The summed E-state index contributed by atoms with van der Waals surface area (Å²) < 4.78 is 10.9. The quantitative estimate of drug-likeness (QED) is 0.855. The molecule has 1 aromatic rings. The van der Waals surface area contributed by atoms with Crippen LogP contribution in [0.2, 0.25) is 0 Å². The van der Waals surface area contributed by atoms with Gasteiger partial charge < -0.3 is 14.6 Å². The highest BCUT2D eigenvalue weighted by molar-refractivity contribution is 5.01. The van der Waals surface area contributed by atoms with Crippen molar-refractivity contribution in [3.8, 4) is 0 Å². The number of rotatable bonds is 5. The Kier molecular flexibility index (Phi) is 4.57. The number of ether oxygens (including phenoxy) is 1. The second-order valence-corrected chi connectivity index (χ2v) is 4.77. The first kappa shape index (κ1) is 12.6. The number of nitrogens with zero attached hydrogens (tertiary/aromatic N) is 1. The molecule has 4 nitrogen and oxygen atoms in total. The molecule has 17 heavy (non-hydrogen) atoms. The fourth-order valence-corrected chi connectivity index (χ4v) is 2.41. The van der Waals surface area contributed by atoms with Crippen LogP contribution in [0, 0.1) is 6.92 Å². The molecule has 1 N–H and O–H groups in total. The molecule has 0 saturated heterocycles. The minimum atomic E-state index is 0.391. The second kappa shape index (κ2) is 6.17. The van der Waals surface area contributed by atoms with Crippen LogP contribution in [0.1, 0.15) is 44.1 Å². The Bertz CT molecular complexity index is 330. The zero-order chi connectivity index (χ0) is 12.1. The summed E-state index contributed by atoms with van der Waals surface area (Å²) >= 11 is 0. The van der Waals surface area contributed by atoms with Gasteiger partial charge in [0.2, 0.25) is 0 Å². The summed E-state index contributed by atoms with van der Waals surface area (Å²) in [6.45, 7) is 5.70. The maximum absolute atomic E-state index is 5.86. The average molecular weight is 238 g/mol. The van der Waals surface area contributed by atoms with Gasteiger partial charge in [-0.1, -0.05) is 12.1 Å². The zero-order valence-electron chi connectivity index (χ0n) is 10.7. The highest BCUT2D eigenvalue weighted by Crippen LogP contribution is 2.22. The van der Waals surface area contributed by atoms with Gasteiger partial charge in [-0.05, 0) is 39.2 Å². The van der Waals surface area contributed by atoms with Crippen LogP contribution in [-0.4, -0.2) is 23.8 Å². The molecular weight excluding hydrogens is 216 g/mol. The van der Waals surface area contributed by atoms with E-state index in [1.54, 1.807) is 0 Å². The first-order valence-electron chi connectivity index (χ1n) is 6.55. The van der Waals surface area contributed by atoms with Crippen LogP contribution in [0.4, 0.5) is 0 Å². The molecule has 0 radical (unpaired) electrons. The van der Waals surface area contributed by atoms with Gasteiger partial charge in [-0.3, -0.25) is 0 Å². The van der Waals surface area contributed by atoms with E-state index in [-0.39, 0.29) is 0 Å². The standard InChI is InChI=1S/C13H22N2O2/c1-3-14-11-4-6-13(7-5-11)16-9-12-8-10(2)17-15-12/h8,11,13-14H,3-7,9H2,1-2H3. The third-order valence-electron chi connectivity index (χ3n) is 3.31. The lowest BCUT2D eigenvalue weighted by atomic mass is 9.93. The fraction of sp³-hybridized carbons (Fsp3) is 0.769. The lowest BCUT2D eigenvalue weighted by Crippen LogP contribution is -2.35. The molecule has 0 aromatic carbocycles. The van der Waals surface area contributed by atoms with E-state index in [0.717, 1.165) is 30.8 Å². The van der Waals surface area contributed by atoms with E-state index in [4.69, 9.17) is 9.26 Å². The van der Waals surface area contributed by atoms with Crippen LogP contribution in [0.3, 0.4) is 0 Å². The molecule has 1 aromatic heterocycles. The van der Waals surface area contributed by atoms with Gasteiger partial charge in [0.1, 0.15) is 11.5 Å². The number of hydrogen-bond acceptors (Lipinski definition) is 4. The van der Waals surface area contributed by atoms with Crippen LogP contribution in [-0.2, 0) is 11.3 Å². The molecule has 0 unspecified atom stereocenters. The molecule has 0 spiro atoms. The number of aromatic nitrogens is 1. The molecule has 0 atom stereocenters. The Balaban J connectivity index is 1.68. The van der Waals surface area contributed by atoms with Gasteiger partial charge in [-0.2, -0.15) is 0 Å². The van der Waals surface area contributed by atoms with Gasteiger partial charge in [0.15, 0.2) is 0 Å². The van der Waals surface area contributed by atoms with Crippen molar-refractivity contribution >= 4 is 0 Å². The molecule has 1 heterocycles. The largest absolute Gasteiger partial charge is 0.372 e. The lowest BCUT2D eigenvalue weighted by Gasteiger charge is -2.28. The smallest absolute Gasteiger partial charge is 0.134 e. The highest BCUT2D eigenvalue weighted by Gasteiger charge is 2.21. The molecule has 0 bridgehead atoms. The second-order valence-electron chi connectivity index (χ2n) is 4.77. The normalized spacial score (nSPS) is 25.1. The fourth-order valence-electron chi connectivity index (χ4n) is 2.41. The molecule has 1 aliphatic carbocycles. The van der Waals surface area contributed by atoms with Crippen molar-refractivity contribution in [1.29, 1.82) is 0 Å². The number of nitrogens with one attached hydrogen (secondary N) is 1. The van der Waals surface area contributed by atoms with Gasteiger partial charge in [0.05, 0.1) is 12.7 Å². The van der Waals surface area contributed by atoms with Gasteiger partial charge in [0.25, 0.3) is 0 Å². The van der Waals surface area contributed by atoms with Gasteiger partial charge in [0, 0.05) is 12.1 Å². The van der Waals surface area contributed by atoms with Gasteiger partial charge >= 0.3 is 0 Å². The third kappa shape index (κ3) is 3.82. The van der Waals surface area contributed by atoms with E-state index in [2.05, 4.69) is 17.4 Å². The van der Waals surface area contributed by atoms with Crippen molar-refractivity contribution in [2.75, 3.05) is 6.54 Å². The van der Waals surface area contributed by atoms with Crippen LogP contribution in [0.15, 0.2) is 10.6 Å².